The largest absolute Gasteiger partial charge is 0.472 e. The number of fused-ring (bicyclic) bond motifs is 1. The number of halogens is 1. The number of carbonyl (C=O) groups is 2. The van der Waals surface area contributed by atoms with Gasteiger partial charge in [-0.25, -0.2) is 4.98 Å². The molecule has 240 valence electrons. The molecule has 1 amide bonds. The van der Waals surface area contributed by atoms with Crippen LogP contribution < -0.4 is 9.64 Å². The molecule has 0 bridgehead atoms. The Morgan fingerprint density at radius 3 is 2.53 bits per heavy atom. The van der Waals surface area contributed by atoms with Gasteiger partial charge in [0.25, 0.3) is 5.88 Å². The van der Waals surface area contributed by atoms with Crippen molar-refractivity contribution >= 4 is 65.1 Å². The minimum Gasteiger partial charge on any atom is -0.472 e. The number of hydrogen-bond acceptors (Lipinski definition) is 6. The summed E-state index contributed by atoms with van der Waals surface area (Å²) in [6, 6.07) is 9.03. The average molecular weight is 741 g/mol. The van der Waals surface area contributed by atoms with Gasteiger partial charge in [0.05, 0.1) is 23.7 Å². The van der Waals surface area contributed by atoms with Crippen molar-refractivity contribution in [2.45, 2.75) is 97.5 Å². The summed E-state index contributed by atoms with van der Waals surface area (Å²) in [7, 11) is 0.592. The summed E-state index contributed by atoms with van der Waals surface area (Å²) in [5.74, 6) is 6.29. The molecule has 0 saturated heterocycles. The Balaban J connectivity index is 1.42. The average Bonchev–Trinajstić information content (AvgIpc) is 3.74. The van der Waals surface area contributed by atoms with Gasteiger partial charge in [-0.05, 0) is 127 Å². The summed E-state index contributed by atoms with van der Waals surface area (Å²) in [6.45, 7) is 15.3. The SMILES string of the molecule is CC#CC(=O)N(c1ccc2c(n1)c(OC1CCC(C(=O)OCC[Si](C)(C)C)C(C)(C)C1)nn2C)c1cc(C)c(I)cc1C1CC1. The molecule has 3 aromatic rings. The van der Waals surface area contributed by atoms with Crippen molar-refractivity contribution in [3.8, 4) is 17.7 Å². The molecule has 2 aromatic heterocycles. The molecule has 0 aliphatic heterocycles. The van der Waals surface area contributed by atoms with Crippen molar-refractivity contribution < 1.29 is 19.1 Å². The summed E-state index contributed by atoms with van der Waals surface area (Å²) >= 11 is 2.36. The maximum atomic E-state index is 13.6. The van der Waals surface area contributed by atoms with E-state index in [2.05, 4.69) is 87.0 Å². The Labute approximate surface area is 281 Å². The highest BCUT2D eigenvalue weighted by atomic mass is 127. The van der Waals surface area contributed by atoms with Gasteiger partial charge < -0.3 is 9.47 Å². The topological polar surface area (TPSA) is 86.6 Å². The van der Waals surface area contributed by atoms with Gasteiger partial charge in [0.2, 0.25) is 0 Å². The molecule has 8 nitrogen and oxygen atoms in total. The van der Waals surface area contributed by atoms with E-state index in [1.54, 1.807) is 16.5 Å². The third-order valence-electron chi connectivity index (χ3n) is 9.02. The minimum absolute atomic E-state index is 0.0948. The second-order valence-corrected chi connectivity index (χ2v) is 21.2. The number of anilines is 2. The fourth-order valence-corrected chi connectivity index (χ4v) is 7.43. The molecule has 1 aromatic carbocycles. The number of esters is 1. The van der Waals surface area contributed by atoms with Crippen molar-refractivity contribution in [1.29, 1.82) is 0 Å². The van der Waals surface area contributed by atoms with Gasteiger partial charge in [0, 0.05) is 18.7 Å². The fraction of sp³-hybridized carbons (Fsp3) is 0.543. The van der Waals surface area contributed by atoms with Gasteiger partial charge in [-0.2, -0.15) is 0 Å². The lowest BCUT2D eigenvalue weighted by molar-refractivity contribution is -0.155. The predicted molar refractivity (Wildman–Crippen MR) is 190 cm³/mol. The van der Waals surface area contributed by atoms with E-state index in [1.807, 2.05) is 19.2 Å². The molecular weight excluding hydrogens is 695 g/mol. The number of aryl methyl sites for hydroxylation is 2. The molecule has 2 aliphatic carbocycles. The second kappa shape index (κ2) is 13.1. The Hall–Kier alpha value is -2.91. The highest BCUT2D eigenvalue weighted by Gasteiger charge is 2.43. The molecule has 5 rings (SSSR count). The number of nitrogens with zero attached hydrogens (tertiary/aromatic N) is 4. The zero-order chi connectivity index (χ0) is 32.7. The second-order valence-electron chi connectivity index (χ2n) is 14.5. The number of aromatic nitrogens is 3. The molecule has 2 fully saturated rings. The molecule has 10 heteroatoms. The Kier molecular flexibility index (Phi) is 9.71. The van der Waals surface area contributed by atoms with Gasteiger partial charge in [-0.3, -0.25) is 19.2 Å². The maximum absolute atomic E-state index is 13.6. The molecule has 45 heavy (non-hydrogen) atoms. The highest BCUT2D eigenvalue weighted by molar-refractivity contribution is 14.1. The molecule has 0 radical (unpaired) electrons. The zero-order valence-electron chi connectivity index (χ0n) is 27.8. The number of ether oxygens (including phenoxy) is 2. The van der Waals surface area contributed by atoms with Crippen LogP contribution in [-0.4, -0.2) is 47.4 Å². The zero-order valence-corrected chi connectivity index (χ0v) is 30.9. The van der Waals surface area contributed by atoms with E-state index in [-0.39, 0.29) is 29.3 Å². The van der Waals surface area contributed by atoms with Gasteiger partial charge in [-0.15, -0.1) is 5.10 Å². The van der Waals surface area contributed by atoms with E-state index in [1.165, 1.54) is 3.57 Å². The van der Waals surface area contributed by atoms with Gasteiger partial charge >= 0.3 is 11.9 Å². The molecule has 2 aliphatic rings. The van der Waals surface area contributed by atoms with E-state index in [9.17, 15) is 9.59 Å². The molecule has 2 atom stereocenters. The van der Waals surface area contributed by atoms with Crippen molar-refractivity contribution in [2.75, 3.05) is 11.5 Å². The smallest absolute Gasteiger partial charge is 0.309 e. The van der Waals surface area contributed by atoms with Crippen molar-refractivity contribution in [3.63, 3.8) is 0 Å². The molecular formula is C35H45IN4O4Si. The van der Waals surface area contributed by atoms with E-state index in [0.29, 0.717) is 42.6 Å². The number of pyridine rings is 1. The summed E-state index contributed by atoms with van der Waals surface area (Å²) in [6.07, 6.45) is 4.20. The number of carbonyl (C=O) groups excluding carboxylic acids is 2. The lowest BCUT2D eigenvalue weighted by atomic mass is 9.68. The first-order valence-electron chi connectivity index (χ1n) is 15.9. The standard InChI is InChI=1S/C35H45IN4O4Si/c1-9-10-31(41)40(29-19-22(2)27(36)20-25(29)23-11-12-23)30-16-15-28-32(37-30)33(38-39(28)5)44-24-13-14-26(35(3,4)21-24)34(42)43-17-18-45(6,7)8/h15-16,19-20,23-24,26H,11-14,17-18,21H2,1-8H3. The predicted octanol–water partition coefficient (Wildman–Crippen LogP) is 7.90. The third-order valence-corrected chi connectivity index (χ3v) is 11.9. The first-order valence-corrected chi connectivity index (χ1v) is 20.7. The van der Waals surface area contributed by atoms with Gasteiger partial charge in [0.1, 0.15) is 11.9 Å². The fourth-order valence-electron chi connectivity index (χ4n) is 6.23. The van der Waals surface area contributed by atoms with Crippen molar-refractivity contribution in [1.82, 2.24) is 14.8 Å². The molecule has 2 heterocycles. The normalized spacial score (nSPS) is 19.5. The van der Waals surface area contributed by atoms with Crippen LogP contribution in [0.1, 0.15) is 69.9 Å². The van der Waals surface area contributed by atoms with Crippen LogP contribution in [0.3, 0.4) is 0 Å². The maximum Gasteiger partial charge on any atom is 0.309 e. The van der Waals surface area contributed by atoms with Crippen LogP contribution in [0.4, 0.5) is 11.5 Å². The number of amides is 1. The summed E-state index contributed by atoms with van der Waals surface area (Å²) in [5.41, 5.74) is 4.20. The van der Waals surface area contributed by atoms with Crippen LogP contribution in [0.5, 0.6) is 5.88 Å². The number of rotatable bonds is 9. The number of hydrogen-bond donors (Lipinski definition) is 0. The van der Waals surface area contributed by atoms with Crippen LogP contribution >= 0.6 is 22.6 Å². The number of benzene rings is 1. The van der Waals surface area contributed by atoms with Crippen LogP contribution in [0, 0.1) is 33.7 Å². The molecule has 0 spiro atoms. The molecule has 0 N–H and O–H groups in total. The van der Waals surface area contributed by atoms with Crippen LogP contribution in [0.15, 0.2) is 24.3 Å². The van der Waals surface area contributed by atoms with Crippen LogP contribution in [0.2, 0.25) is 25.7 Å². The lowest BCUT2D eigenvalue weighted by Gasteiger charge is -2.40. The van der Waals surface area contributed by atoms with E-state index in [0.717, 1.165) is 47.6 Å². The van der Waals surface area contributed by atoms with Crippen LogP contribution in [-0.2, 0) is 21.4 Å². The first kappa shape index (κ1) is 33.5. The summed E-state index contributed by atoms with van der Waals surface area (Å²) in [4.78, 5) is 33.3. The van der Waals surface area contributed by atoms with Gasteiger partial charge in [0.15, 0.2) is 5.52 Å². The minimum atomic E-state index is -1.28. The van der Waals surface area contributed by atoms with Gasteiger partial charge in [-0.1, -0.05) is 39.4 Å². The quantitative estimate of drug-likeness (QED) is 0.0960. The molecule has 2 unspecified atom stereocenters. The first-order chi connectivity index (χ1) is 21.2. The Bertz CT molecular complexity index is 1680. The van der Waals surface area contributed by atoms with Crippen molar-refractivity contribution in [2.24, 2.45) is 18.4 Å². The lowest BCUT2D eigenvalue weighted by Crippen LogP contribution is -2.42. The van der Waals surface area contributed by atoms with E-state index >= 15 is 0 Å². The highest BCUT2D eigenvalue weighted by Crippen LogP contribution is 2.47. The summed E-state index contributed by atoms with van der Waals surface area (Å²) in [5, 5.41) is 4.70. The van der Waals surface area contributed by atoms with E-state index in [4.69, 9.17) is 19.6 Å². The van der Waals surface area contributed by atoms with E-state index < -0.39 is 8.07 Å². The Morgan fingerprint density at radius 1 is 1.16 bits per heavy atom. The monoisotopic (exact) mass is 740 g/mol. The Morgan fingerprint density at radius 2 is 1.89 bits per heavy atom. The molecule has 2 saturated carbocycles. The van der Waals surface area contributed by atoms with Crippen molar-refractivity contribution in [3.05, 3.63) is 39.0 Å². The third kappa shape index (κ3) is 7.57. The summed E-state index contributed by atoms with van der Waals surface area (Å²) < 4.78 is 15.2. The van der Waals surface area contributed by atoms with Crippen LogP contribution in [0.25, 0.3) is 11.0 Å².